The van der Waals surface area contributed by atoms with Crippen LogP contribution in [-0.4, -0.2) is 43.0 Å². The number of hydrogen-bond acceptors (Lipinski definition) is 3. The van der Waals surface area contributed by atoms with Crippen LogP contribution in [0.25, 0.3) is 0 Å². The zero-order valence-corrected chi connectivity index (χ0v) is 15.6. The van der Waals surface area contributed by atoms with Crippen molar-refractivity contribution in [3.05, 3.63) is 59.4 Å². The van der Waals surface area contributed by atoms with Gasteiger partial charge in [-0.25, -0.2) is 4.39 Å². The van der Waals surface area contributed by atoms with Gasteiger partial charge < -0.3 is 10.2 Å². The molecule has 0 unspecified atom stereocenters. The fourth-order valence-electron chi connectivity index (χ4n) is 3.39. The van der Waals surface area contributed by atoms with E-state index in [9.17, 15) is 9.18 Å². The molecule has 0 aromatic heterocycles. The zero-order chi connectivity index (χ0) is 18.7. The minimum Gasteiger partial charge on any atom is -0.369 e. The summed E-state index contributed by atoms with van der Waals surface area (Å²) in [6, 6.07) is 12.3. The number of rotatable bonds is 4. The quantitative estimate of drug-likeness (QED) is 0.910. The lowest BCUT2D eigenvalue weighted by atomic mass is 10.1. The Kier molecular flexibility index (Phi) is 5.57. The van der Waals surface area contributed by atoms with E-state index in [1.807, 2.05) is 6.92 Å². The van der Waals surface area contributed by atoms with Gasteiger partial charge in [0.2, 0.25) is 5.91 Å². The van der Waals surface area contributed by atoms with Gasteiger partial charge in [0, 0.05) is 31.9 Å². The molecule has 0 saturated carbocycles. The summed E-state index contributed by atoms with van der Waals surface area (Å²) in [7, 11) is 0. The molecule has 1 atom stereocenters. The first-order chi connectivity index (χ1) is 12.5. The van der Waals surface area contributed by atoms with Crippen LogP contribution in [-0.2, 0) is 4.79 Å². The van der Waals surface area contributed by atoms with Crippen LogP contribution in [0.15, 0.2) is 42.5 Å². The van der Waals surface area contributed by atoms with Crippen molar-refractivity contribution in [2.45, 2.75) is 26.8 Å². The third-order valence-corrected chi connectivity index (χ3v) is 5.29. The van der Waals surface area contributed by atoms with Crippen molar-refractivity contribution in [3.63, 3.8) is 0 Å². The molecule has 5 heteroatoms. The number of amides is 1. The first kappa shape index (κ1) is 18.4. The predicted molar refractivity (Wildman–Crippen MR) is 104 cm³/mol. The molecule has 1 fully saturated rings. The number of carbonyl (C=O) groups excluding carboxylic acids is 1. The van der Waals surface area contributed by atoms with E-state index in [1.54, 1.807) is 18.2 Å². The largest absolute Gasteiger partial charge is 0.369 e. The molecule has 0 spiro atoms. The Morgan fingerprint density at radius 1 is 1.04 bits per heavy atom. The predicted octanol–water partition coefficient (Wildman–Crippen LogP) is 3.59. The van der Waals surface area contributed by atoms with Gasteiger partial charge in [0.15, 0.2) is 0 Å². The number of para-hydroxylation sites is 1. The molecule has 138 valence electrons. The average molecular weight is 355 g/mol. The number of nitrogens with zero attached hydrogens (tertiary/aromatic N) is 2. The Labute approximate surface area is 154 Å². The van der Waals surface area contributed by atoms with Gasteiger partial charge in [-0.3, -0.25) is 9.69 Å². The van der Waals surface area contributed by atoms with Crippen molar-refractivity contribution in [1.29, 1.82) is 0 Å². The highest BCUT2D eigenvalue weighted by Crippen LogP contribution is 2.24. The van der Waals surface area contributed by atoms with Gasteiger partial charge in [-0.05, 0) is 50.1 Å². The van der Waals surface area contributed by atoms with Crippen molar-refractivity contribution in [3.8, 4) is 0 Å². The lowest BCUT2D eigenvalue weighted by Crippen LogP contribution is -2.53. The summed E-state index contributed by atoms with van der Waals surface area (Å²) in [5.41, 5.74) is 4.11. The second kappa shape index (κ2) is 7.87. The minimum atomic E-state index is -0.409. The van der Waals surface area contributed by atoms with E-state index < -0.39 is 5.82 Å². The molecule has 2 aromatic carbocycles. The maximum absolute atomic E-state index is 13.7. The highest BCUT2D eigenvalue weighted by Gasteiger charge is 2.26. The van der Waals surface area contributed by atoms with Crippen LogP contribution in [0.3, 0.4) is 0 Å². The van der Waals surface area contributed by atoms with Gasteiger partial charge in [-0.1, -0.05) is 24.3 Å². The van der Waals surface area contributed by atoms with Crippen molar-refractivity contribution in [1.82, 2.24) is 4.90 Å². The van der Waals surface area contributed by atoms with Crippen LogP contribution in [0.2, 0.25) is 0 Å². The molecule has 0 aliphatic carbocycles. The van der Waals surface area contributed by atoms with E-state index in [0.717, 1.165) is 26.2 Å². The van der Waals surface area contributed by atoms with Crippen LogP contribution in [0.4, 0.5) is 15.8 Å². The van der Waals surface area contributed by atoms with Crippen LogP contribution in [0, 0.1) is 19.7 Å². The molecule has 3 rings (SSSR count). The van der Waals surface area contributed by atoms with Crippen LogP contribution in [0.5, 0.6) is 0 Å². The fourth-order valence-corrected chi connectivity index (χ4v) is 3.39. The average Bonchev–Trinajstić information content (AvgIpc) is 2.65. The molecule has 26 heavy (non-hydrogen) atoms. The molecule has 2 aromatic rings. The van der Waals surface area contributed by atoms with Crippen molar-refractivity contribution in [2.75, 3.05) is 36.4 Å². The van der Waals surface area contributed by atoms with E-state index in [4.69, 9.17) is 0 Å². The number of benzene rings is 2. The summed E-state index contributed by atoms with van der Waals surface area (Å²) in [6.07, 6.45) is 0. The fraction of sp³-hybridized carbons (Fsp3) is 0.381. The number of aryl methyl sites for hydroxylation is 1. The summed E-state index contributed by atoms with van der Waals surface area (Å²) in [5.74, 6) is -0.580. The van der Waals surface area contributed by atoms with E-state index in [-0.39, 0.29) is 17.6 Å². The number of carbonyl (C=O) groups is 1. The summed E-state index contributed by atoms with van der Waals surface area (Å²) < 4.78 is 13.7. The molecule has 1 N–H and O–H groups in total. The summed E-state index contributed by atoms with van der Waals surface area (Å²) in [6.45, 7) is 9.52. The van der Waals surface area contributed by atoms with Crippen molar-refractivity contribution < 1.29 is 9.18 Å². The summed E-state index contributed by atoms with van der Waals surface area (Å²) in [4.78, 5) is 17.0. The number of nitrogens with one attached hydrogen (secondary N) is 1. The zero-order valence-electron chi connectivity index (χ0n) is 15.6. The lowest BCUT2D eigenvalue weighted by molar-refractivity contribution is -0.120. The summed E-state index contributed by atoms with van der Waals surface area (Å²) >= 11 is 0. The molecule has 1 aliphatic rings. The second-order valence-electron chi connectivity index (χ2n) is 6.89. The molecule has 0 bridgehead atoms. The topological polar surface area (TPSA) is 35.6 Å². The molecular formula is C21H26FN3O. The first-order valence-corrected chi connectivity index (χ1v) is 9.08. The highest BCUT2D eigenvalue weighted by molar-refractivity contribution is 5.94. The number of halogens is 1. The SMILES string of the molecule is Cc1cccc(N2CCN([C@@H](C)C(=O)Nc3ccccc3F)CC2)c1C. The molecule has 1 saturated heterocycles. The third-order valence-electron chi connectivity index (χ3n) is 5.29. The molecule has 1 amide bonds. The van der Waals surface area contributed by atoms with Gasteiger partial charge in [-0.15, -0.1) is 0 Å². The smallest absolute Gasteiger partial charge is 0.241 e. The molecule has 4 nitrogen and oxygen atoms in total. The van der Waals surface area contributed by atoms with Crippen LogP contribution < -0.4 is 10.2 Å². The molecule has 0 radical (unpaired) electrons. The molecule has 1 heterocycles. The van der Waals surface area contributed by atoms with Gasteiger partial charge in [-0.2, -0.15) is 0 Å². The Morgan fingerprint density at radius 2 is 1.73 bits per heavy atom. The van der Waals surface area contributed by atoms with Gasteiger partial charge in [0.1, 0.15) is 5.82 Å². The monoisotopic (exact) mass is 355 g/mol. The van der Waals surface area contributed by atoms with Crippen LogP contribution in [0.1, 0.15) is 18.1 Å². The van der Waals surface area contributed by atoms with Crippen molar-refractivity contribution >= 4 is 17.3 Å². The lowest BCUT2D eigenvalue weighted by Gasteiger charge is -2.39. The Balaban J connectivity index is 1.59. The standard InChI is InChI=1S/C21H26FN3O/c1-15-7-6-10-20(16(15)2)25-13-11-24(12-14-25)17(3)21(26)23-19-9-5-4-8-18(19)22/h4-10,17H,11-14H2,1-3H3,(H,23,26)/t17-/m0/s1. The van der Waals surface area contributed by atoms with Crippen molar-refractivity contribution in [2.24, 2.45) is 0 Å². The number of piperazine rings is 1. The molecule has 1 aliphatic heterocycles. The normalized spacial score (nSPS) is 16.4. The van der Waals surface area contributed by atoms with E-state index >= 15 is 0 Å². The highest BCUT2D eigenvalue weighted by atomic mass is 19.1. The van der Waals surface area contributed by atoms with E-state index in [0.29, 0.717) is 0 Å². The third kappa shape index (κ3) is 3.88. The maximum atomic E-state index is 13.7. The second-order valence-corrected chi connectivity index (χ2v) is 6.89. The number of anilines is 2. The Bertz CT molecular complexity index is 785. The Hall–Kier alpha value is -2.40. The Morgan fingerprint density at radius 3 is 2.42 bits per heavy atom. The first-order valence-electron chi connectivity index (χ1n) is 9.08. The van der Waals surface area contributed by atoms with E-state index in [1.165, 1.54) is 22.9 Å². The number of hydrogen-bond donors (Lipinski definition) is 1. The van der Waals surface area contributed by atoms with Gasteiger partial charge >= 0.3 is 0 Å². The van der Waals surface area contributed by atoms with Gasteiger partial charge in [0.25, 0.3) is 0 Å². The van der Waals surface area contributed by atoms with Crippen LogP contribution >= 0.6 is 0 Å². The molecular weight excluding hydrogens is 329 g/mol. The van der Waals surface area contributed by atoms with Gasteiger partial charge in [0.05, 0.1) is 11.7 Å². The van der Waals surface area contributed by atoms with E-state index in [2.05, 4.69) is 47.2 Å². The maximum Gasteiger partial charge on any atom is 0.241 e. The minimum absolute atomic E-state index is 0.171. The summed E-state index contributed by atoms with van der Waals surface area (Å²) in [5, 5.41) is 2.70.